The third-order valence-corrected chi connectivity index (χ3v) is 1.62. The van der Waals surface area contributed by atoms with E-state index < -0.39 is 10.7 Å². The Balaban J connectivity index is 2.82. The van der Waals surface area contributed by atoms with Gasteiger partial charge in [0, 0.05) is 18.7 Å². The molecule has 82 valence electrons. The quantitative estimate of drug-likeness (QED) is 0.326. The lowest BCUT2D eigenvalue weighted by atomic mass is 10.3. The lowest BCUT2D eigenvalue weighted by Gasteiger charge is -2.05. The van der Waals surface area contributed by atoms with Crippen LogP contribution < -0.4 is 4.74 Å². The van der Waals surface area contributed by atoms with E-state index in [1.54, 1.807) is 6.92 Å². The Kier molecular flexibility index (Phi) is 3.99. The molecule has 6 heteroatoms. The zero-order valence-corrected chi connectivity index (χ0v) is 8.10. The fourth-order valence-electron chi connectivity index (χ4n) is 0.943. The highest BCUT2D eigenvalue weighted by molar-refractivity contribution is 5.46. The summed E-state index contributed by atoms with van der Waals surface area (Å²) >= 11 is 0. The van der Waals surface area contributed by atoms with E-state index in [0.717, 1.165) is 18.2 Å². The van der Waals surface area contributed by atoms with E-state index in [1.807, 2.05) is 0 Å². The van der Waals surface area contributed by atoms with Gasteiger partial charge in [-0.1, -0.05) is 0 Å². The van der Waals surface area contributed by atoms with Gasteiger partial charge in [0.05, 0.1) is 4.92 Å². The molecule has 0 saturated heterocycles. The fourth-order valence-corrected chi connectivity index (χ4v) is 0.943. The van der Waals surface area contributed by atoms with Crippen molar-refractivity contribution in [3.63, 3.8) is 0 Å². The molecule has 1 rings (SSSR count). The summed E-state index contributed by atoms with van der Waals surface area (Å²) in [5.74, 6) is -0.722. The first kappa shape index (κ1) is 11.4. The van der Waals surface area contributed by atoms with Gasteiger partial charge in [0.1, 0.15) is 5.82 Å². The molecular formula is C9H10FNO4. The highest BCUT2D eigenvalue weighted by Gasteiger charge is 2.15. The molecule has 0 aliphatic heterocycles. The summed E-state index contributed by atoms with van der Waals surface area (Å²) in [6.45, 7) is 2.03. The minimum absolute atomic E-state index is 0.131. The van der Waals surface area contributed by atoms with Gasteiger partial charge in [-0.15, -0.1) is 0 Å². The summed E-state index contributed by atoms with van der Waals surface area (Å²) in [6, 6.07) is 3.01. The van der Waals surface area contributed by atoms with Crippen molar-refractivity contribution in [2.45, 2.75) is 6.92 Å². The topological polar surface area (TPSA) is 61.6 Å². The Morgan fingerprint density at radius 3 is 2.87 bits per heavy atom. The number of halogens is 1. The van der Waals surface area contributed by atoms with Crippen LogP contribution in [0.25, 0.3) is 0 Å². The average Bonchev–Trinajstić information content (AvgIpc) is 2.18. The van der Waals surface area contributed by atoms with E-state index in [4.69, 9.17) is 9.47 Å². The van der Waals surface area contributed by atoms with Crippen LogP contribution in [0.4, 0.5) is 10.1 Å². The molecule has 0 unspecified atom stereocenters. The van der Waals surface area contributed by atoms with Crippen molar-refractivity contribution in [1.29, 1.82) is 0 Å². The van der Waals surface area contributed by atoms with Crippen LogP contribution in [0.1, 0.15) is 6.92 Å². The van der Waals surface area contributed by atoms with E-state index in [2.05, 4.69) is 0 Å². The van der Waals surface area contributed by atoms with Gasteiger partial charge in [0.15, 0.2) is 6.79 Å². The van der Waals surface area contributed by atoms with Crippen LogP contribution >= 0.6 is 0 Å². The summed E-state index contributed by atoms with van der Waals surface area (Å²) in [5, 5.41) is 10.5. The van der Waals surface area contributed by atoms with Crippen LogP contribution in [-0.2, 0) is 4.74 Å². The summed E-state index contributed by atoms with van der Waals surface area (Å²) < 4.78 is 22.5. The molecule has 0 bridgehead atoms. The number of nitrogens with zero attached hydrogens (tertiary/aromatic N) is 1. The van der Waals surface area contributed by atoms with Crippen LogP contribution in [0.15, 0.2) is 18.2 Å². The SMILES string of the molecule is CCOCOc1cc(F)ccc1[N+](=O)[O-]. The van der Waals surface area contributed by atoms with E-state index in [-0.39, 0.29) is 18.2 Å². The second-order valence-corrected chi connectivity index (χ2v) is 2.62. The highest BCUT2D eigenvalue weighted by atomic mass is 19.1. The van der Waals surface area contributed by atoms with Crippen molar-refractivity contribution in [2.24, 2.45) is 0 Å². The molecule has 1 aromatic rings. The smallest absolute Gasteiger partial charge is 0.311 e. The normalized spacial score (nSPS) is 10.0. The van der Waals surface area contributed by atoms with Crippen molar-refractivity contribution < 1.29 is 18.8 Å². The maximum atomic E-state index is 12.8. The van der Waals surface area contributed by atoms with Crippen molar-refractivity contribution in [3.05, 3.63) is 34.1 Å². The van der Waals surface area contributed by atoms with Crippen LogP contribution in [0.2, 0.25) is 0 Å². The Bertz CT molecular complexity index is 356. The number of hydrogen-bond donors (Lipinski definition) is 0. The molecule has 0 spiro atoms. The van der Waals surface area contributed by atoms with Gasteiger partial charge in [-0.05, 0) is 13.0 Å². The molecule has 0 N–H and O–H groups in total. The Hall–Kier alpha value is -1.69. The van der Waals surface area contributed by atoms with Crippen molar-refractivity contribution >= 4 is 5.69 Å². The Morgan fingerprint density at radius 2 is 2.27 bits per heavy atom. The summed E-state index contributed by atoms with van der Waals surface area (Å²) in [5.41, 5.74) is -0.281. The van der Waals surface area contributed by atoms with Gasteiger partial charge < -0.3 is 9.47 Å². The summed E-state index contributed by atoms with van der Waals surface area (Å²) in [4.78, 5) is 9.89. The van der Waals surface area contributed by atoms with Crippen molar-refractivity contribution in [1.82, 2.24) is 0 Å². The maximum Gasteiger partial charge on any atom is 0.311 e. The first-order valence-electron chi connectivity index (χ1n) is 4.29. The zero-order chi connectivity index (χ0) is 11.3. The minimum Gasteiger partial charge on any atom is -0.460 e. The van der Waals surface area contributed by atoms with Crippen LogP contribution in [0, 0.1) is 15.9 Å². The number of nitro benzene ring substituents is 1. The second-order valence-electron chi connectivity index (χ2n) is 2.62. The van der Waals surface area contributed by atoms with E-state index in [1.165, 1.54) is 0 Å². The van der Waals surface area contributed by atoms with Gasteiger partial charge in [-0.25, -0.2) is 4.39 Å². The van der Waals surface area contributed by atoms with E-state index in [9.17, 15) is 14.5 Å². The molecule has 0 amide bonds. The monoisotopic (exact) mass is 215 g/mol. The molecule has 0 aromatic heterocycles. The number of hydrogen-bond acceptors (Lipinski definition) is 4. The lowest BCUT2D eigenvalue weighted by molar-refractivity contribution is -0.386. The predicted octanol–water partition coefficient (Wildman–Crippen LogP) is 2.11. The third kappa shape index (κ3) is 3.17. The Labute approximate surface area is 85.6 Å². The molecule has 0 radical (unpaired) electrons. The molecule has 0 aliphatic carbocycles. The molecule has 15 heavy (non-hydrogen) atoms. The molecule has 0 aliphatic rings. The van der Waals surface area contributed by atoms with Gasteiger partial charge in [-0.2, -0.15) is 0 Å². The maximum absolute atomic E-state index is 12.8. The molecule has 0 fully saturated rings. The number of rotatable bonds is 5. The van der Waals surface area contributed by atoms with E-state index in [0.29, 0.717) is 6.61 Å². The molecule has 1 aromatic carbocycles. The molecule has 5 nitrogen and oxygen atoms in total. The fraction of sp³-hybridized carbons (Fsp3) is 0.333. The molecular weight excluding hydrogens is 205 g/mol. The number of ether oxygens (including phenoxy) is 2. The van der Waals surface area contributed by atoms with Crippen molar-refractivity contribution in [2.75, 3.05) is 13.4 Å². The molecule has 0 atom stereocenters. The average molecular weight is 215 g/mol. The minimum atomic E-state index is -0.638. The van der Waals surface area contributed by atoms with Crippen molar-refractivity contribution in [3.8, 4) is 5.75 Å². The largest absolute Gasteiger partial charge is 0.460 e. The highest BCUT2D eigenvalue weighted by Crippen LogP contribution is 2.27. The van der Waals surface area contributed by atoms with Crippen LogP contribution in [-0.4, -0.2) is 18.3 Å². The zero-order valence-electron chi connectivity index (χ0n) is 8.10. The second kappa shape index (κ2) is 5.26. The van der Waals surface area contributed by atoms with Gasteiger partial charge in [0.2, 0.25) is 5.75 Å². The molecule has 0 saturated carbocycles. The van der Waals surface area contributed by atoms with Gasteiger partial charge >= 0.3 is 5.69 Å². The number of nitro groups is 1. The lowest BCUT2D eigenvalue weighted by Crippen LogP contribution is -2.04. The van der Waals surface area contributed by atoms with Gasteiger partial charge in [-0.3, -0.25) is 10.1 Å². The summed E-state index contributed by atoms with van der Waals surface area (Å²) in [7, 11) is 0. The standard InChI is InChI=1S/C9H10FNO4/c1-2-14-6-15-9-5-7(10)3-4-8(9)11(12)13/h3-5H,2,6H2,1H3. The predicted molar refractivity (Wildman–Crippen MR) is 50.2 cm³/mol. The first-order chi connectivity index (χ1) is 7.15. The van der Waals surface area contributed by atoms with Crippen LogP contribution in [0.5, 0.6) is 5.75 Å². The third-order valence-electron chi connectivity index (χ3n) is 1.62. The van der Waals surface area contributed by atoms with Crippen LogP contribution in [0.3, 0.4) is 0 Å². The first-order valence-corrected chi connectivity index (χ1v) is 4.29. The van der Waals surface area contributed by atoms with E-state index >= 15 is 0 Å². The molecule has 0 heterocycles. The number of benzene rings is 1. The Morgan fingerprint density at radius 1 is 1.53 bits per heavy atom. The van der Waals surface area contributed by atoms with Gasteiger partial charge in [0.25, 0.3) is 0 Å². The summed E-state index contributed by atoms with van der Waals surface area (Å²) in [6.07, 6.45) is 0.